The first-order valence-corrected chi connectivity index (χ1v) is 9.51. The molecule has 0 spiro atoms. The van der Waals surface area contributed by atoms with Crippen LogP contribution in [0.25, 0.3) is 5.82 Å². The largest absolute Gasteiger partial charge is 0.356 e. The molecular weight excluding hydrogens is 493 g/mol. The van der Waals surface area contributed by atoms with E-state index in [0.29, 0.717) is 25.5 Å². The topological polar surface area (TPSA) is 96.2 Å². The summed E-state index contributed by atoms with van der Waals surface area (Å²) >= 11 is 0. The molecule has 3 heterocycles. The van der Waals surface area contributed by atoms with Gasteiger partial charge in [0.2, 0.25) is 5.91 Å². The zero-order valence-corrected chi connectivity index (χ0v) is 18.9. The van der Waals surface area contributed by atoms with Gasteiger partial charge in [0.1, 0.15) is 0 Å². The van der Waals surface area contributed by atoms with Gasteiger partial charge in [0, 0.05) is 56.8 Å². The summed E-state index contributed by atoms with van der Waals surface area (Å²) < 4.78 is 1.72. The predicted molar refractivity (Wildman–Crippen MR) is 127 cm³/mol. The maximum Gasteiger partial charge on any atom is 0.225 e. The second kappa shape index (κ2) is 10.2. The number of pyridine rings is 1. The zero-order valence-electron chi connectivity index (χ0n) is 16.6. The highest BCUT2D eigenvalue weighted by Crippen LogP contribution is 2.31. The number of nitrogens with one attached hydrogen (secondary N) is 3. The Balaban J connectivity index is 0.00000256. The number of carbonyl (C=O) groups is 1. The van der Waals surface area contributed by atoms with Gasteiger partial charge in [-0.3, -0.25) is 9.79 Å². The Morgan fingerprint density at radius 3 is 2.90 bits per heavy atom. The zero-order chi connectivity index (χ0) is 20.1. The van der Waals surface area contributed by atoms with Crippen molar-refractivity contribution in [1.29, 1.82) is 0 Å². The van der Waals surface area contributed by atoms with Crippen LogP contribution in [0.1, 0.15) is 23.5 Å². The van der Waals surface area contributed by atoms with E-state index in [4.69, 9.17) is 0 Å². The van der Waals surface area contributed by atoms with Gasteiger partial charge in [0.15, 0.2) is 11.8 Å². The molecule has 1 atom stereocenters. The summed E-state index contributed by atoms with van der Waals surface area (Å²) in [5.74, 6) is 1.60. The molecule has 1 unspecified atom stereocenters. The van der Waals surface area contributed by atoms with Gasteiger partial charge in [-0.05, 0) is 35.4 Å². The van der Waals surface area contributed by atoms with Crippen LogP contribution in [0.5, 0.6) is 0 Å². The SMILES string of the molecule is CN=C(NCc1ccnc(-n2cccn2)c1)NCC1CC(=O)Nc2ccccc21.I. The van der Waals surface area contributed by atoms with Crippen molar-refractivity contribution in [3.05, 3.63) is 72.2 Å². The van der Waals surface area contributed by atoms with Gasteiger partial charge in [-0.25, -0.2) is 9.67 Å². The van der Waals surface area contributed by atoms with Gasteiger partial charge >= 0.3 is 0 Å². The molecule has 30 heavy (non-hydrogen) atoms. The lowest BCUT2D eigenvalue weighted by molar-refractivity contribution is -0.116. The fraction of sp³-hybridized carbons (Fsp3) is 0.238. The van der Waals surface area contributed by atoms with Crippen LogP contribution in [0.2, 0.25) is 0 Å². The van der Waals surface area contributed by atoms with E-state index in [0.717, 1.165) is 22.6 Å². The van der Waals surface area contributed by atoms with Crippen LogP contribution in [-0.4, -0.2) is 40.2 Å². The second-order valence-corrected chi connectivity index (χ2v) is 6.82. The summed E-state index contributed by atoms with van der Waals surface area (Å²) in [4.78, 5) is 20.6. The third kappa shape index (κ3) is 5.15. The number of halogens is 1. The van der Waals surface area contributed by atoms with Gasteiger partial charge in [-0.15, -0.1) is 24.0 Å². The molecule has 1 amide bonds. The minimum atomic E-state index is 0. The lowest BCUT2D eigenvalue weighted by Gasteiger charge is -2.26. The summed E-state index contributed by atoms with van der Waals surface area (Å²) in [6, 6.07) is 13.7. The Morgan fingerprint density at radius 1 is 1.23 bits per heavy atom. The molecule has 0 saturated carbocycles. The van der Waals surface area contributed by atoms with Crippen molar-refractivity contribution in [2.45, 2.75) is 18.9 Å². The van der Waals surface area contributed by atoms with E-state index in [-0.39, 0.29) is 35.8 Å². The van der Waals surface area contributed by atoms with Gasteiger partial charge in [0.25, 0.3) is 0 Å². The van der Waals surface area contributed by atoms with Crippen LogP contribution in [0.3, 0.4) is 0 Å². The highest BCUT2D eigenvalue weighted by atomic mass is 127. The molecule has 0 fully saturated rings. The van der Waals surface area contributed by atoms with Gasteiger partial charge in [-0.1, -0.05) is 18.2 Å². The number of hydrogen-bond donors (Lipinski definition) is 3. The highest BCUT2D eigenvalue weighted by Gasteiger charge is 2.24. The number of rotatable bonds is 5. The summed E-state index contributed by atoms with van der Waals surface area (Å²) in [5, 5.41) is 13.8. The number of benzene rings is 1. The molecule has 1 aromatic carbocycles. The van der Waals surface area contributed by atoms with E-state index < -0.39 is 0 Å². The number of carbonyl (C=O) groups excluding carboxylic acids is 1. The fourth-order valence-corrected chi connectivity index (χ4v) is 3.41. The van der Waals surface area contributed by atoms with E-state index in [1.165, 1.54) is 0 Å². The Kier molecular flexibility index (Phi) is 7.39. The number of aliphatic imine (C=N–C) groups is 1. The number of nitrogens with zero attached hydrogens (tertiary/aromatic N) is 4. The lowest BCUT2D eigenvalue weighted by Crippen LogP contribution is -2.40. The van der Waals surface area contributed by atoms with Crippen LogP contribution in [0.4, 0.5) is 5.69 Å². The van der Waals surface area contributed by atoms with E-state index in [9.17, 15) is 4.79 Å². The molecule has 1 aliphatic heterocycles. The predicted octanol–water partition coefficient (Wildman–Crippen LogP) is 2.68. The molecule has 156 valence electrons. The number of anilines is 1. The Labute approximate surface area is 192 Å². The van der Waals surface area contributed by atoms with Gasteiger partial charge < -0.3 is 16.0 Å². The maximum atomic E-state index is 12.0. The fourth-order valence-electron chi connectivity index (χ4n) is 3.41. The first-order valence-electron chi connectivity index (χ1n) is 9.51. The molecular formula is C21H24IN7O. The number of fused-ring (bicyclic) bond motifs is 1. The molecule has 0 bridgehead atoms. The number of amides is 1. The number of aromatic nitrogens is 3. The molecule has 0 saturated heterocycles. The average Bonchev–Trinajstić information content (AvgIpc) is 3.29. The van der Waals surface area contributed by atoms with Gasteiger partial charge in [0.05, 0.1) is 0 Å². The van der Waals surface area contributed by atoms with Crippen molar-refractivity contribution in [3.8, 4) is 5.82 Å². The second-order valence-electron chi connectivity index (χ2n) is 6.82. The van der Waals surface area contributed by atoms with Crippen molar-refractivity contribution in [2.24, 2.45) is 4.99 Å². The number of guanidine groups is 1. The van der Waals surface area contributed by atoms with E-state index in [2.05, 4.69) is 37.1 Å². The van der Waals surface area contributed by atoms with E-state index in [1.54, 1.807) is 24.1 Å². The molecule has 9 heteroatoms. The molecule has 4 rings (SSSR count). The van der Waals surface area contributed by atoms with Crippen molar-refractivity contribution in [1.82, 2.24) is 25.4 Å². The Hall–Kier alpha value is -2.95. The van der Waals surface area contributed by atoms with Crippen molar-refractivity contribution in [2.75, 3.05) is 18.9 Å². The highest BCUT2D eigenvalue weighted by molar-refractivity contribution is 14.0. The van der Waals surface area contributed by atoms with Gasteiger partial charge in [-0.2, -0.15) is 5.10 Å². The minimum absolute atomic E-state index is 0. The molecule has 2 aromatic heterocycles. The molecule has 8 nitrogen and oxygen atoms in total. The van der Waals surface area contributed by atoms with E-state index in [1.807, 2.05) is 42.6 Å². The third-order valence-corrected chi connectivity index (χ3v) is 4.86. The first kappa shape index (κ1) is 21.8. The van der Waals surface area contributed by atoms with E-state index >= 15 is 0 Å². The lowest BCUT2D eigenvalue weighted by atomic mass is 9.90. The third-order valence-electron chi connectivity index (χ3n) is 4.86. The molecule has 0 radical (unpaired) electrons. The molecule has 3 aromatic rings. The minimum Gasteiger partial charge on any atom is -0.356 e. The monoisotopic (exact) mass is 517 g/mol. The first-order chi connectivity index (χ1) is 14.2. The maximum absolute atomic E-state index is 12.0. The smallest absolute Gasteiger partial charge is 0.225 e. The quantitative estimate of drug-likeness (QED) is 0.275. The van der Waals surface area contributed by atoms with Crippen molar-refractivity contribution in [3.63, 3.8) is 0 Å². The molecule has 0 aliphatic carbocycles. The summed E-state index contributed by atoms with van der Waals surface area (Å²) in [6.45, 7) is 1.22. The standard InChI is InChI=1S/C21H23N7O.HI/c1-22-21(24-13-15-7-9-23-19(11-15)28-10-4-8-26-28)25-14-16-12-20(29)27-18-6-3-2-5-17(16)18;/h2-11,16H,12-14H2,1H3,(H,27,29)(H2,22,24,25);1H. The van der Waals surface area contributed by atoms with Crippen LogP contribution < -0.4 is 16.0 Å². The van der Waals surface area contributed by atoms with Crippen LogP contribution in [0, 0.1) is 0 Å². The van der Waals surface area contributed by atoms with Crippen LogP contribution in [-0.2, 0) is 11.3 Å². The Bertz CT molecular complexity index is 1020. The number of para-hydroxylation sites is 1. The molecule has 3 N–H and O–H groups in total. The average molecular weight is 517 g/mol. The Morgan fingerprint density at radius 2 is 2.10 bits per heavy atom. The normalized spacial score (nSPS) is 15.6. The summed E-state index contributed by atoms with van der Waals surface area (Å²) in [7, 11) is 1.73. The van der Waals surface area contributed by atoms with Crippen molar-refractivity contribution < 1.29 is 4.79 Å². The number of hydrogen-bond acceptors (Lipinski definition) is 4. The summed E-state index contributed by atoms with van der Waals surface area (Å²) in [5.41, 5.74) is 3.10. The van der Waals surface area contributed by atoms with Crippen molar-refractivity contribution >= 4 is 41.5 Å². The van der Waals surface area contributed by atoms with Crippen LogP contribution >= 0.6 is 24.0 Å². The summed E-state index contributed by atoms with van der Waals surface area (Å²) in [6.07, 6.45) is 5.81. The molecule has 1 aliphatic rings. The van der Waals surface area contributed by atoms with Crippen LogP contribution in [0.15, 0.2) is 66.0 Å².